The molecule has 1 aromatic carbocycles. The van der Waals surface area contributed by atoms with Gasteiger partial charge in [-0.15, -0.1) is 0 Å². The van der Waals surface area contributed by atoms with Crippen molar-refractivity contribution in [2.45, 2.75) is 26.2 Å². The standard InChI is InChI=1S/C16H18Cl2N4/c1-11-9-15(22-7-3-2-4-8-22)21-16(19-11)20-12-5-6-13(17)14(18)10-12/h5-6,9-10H,2-4,7-8H2,1H3,(H,19,20,21). The molecular weight excluding hydrogens is 319 g/mol. The highest BCUT2D eigenvalue weighted by Gasteiger charge is 2.14. The van der Waals surface area contributed by atoms with Gasteiger partial charge in [0.1, 0.15) is 5.82 Å². The van der Waals surface area contributed by atoms with Gasteiger partial charge in [-0.05, 0) is 44.4 Å². The molecule has 1 aliphatic rings. The van der Waals surface area contributed by atoms with Crippen molar-refractivity contribution in [2.24, 2.45) is 0 Å². The molecular formula is C16H18Cl2N4. The summed E-state index contributed by atoms with van der Waals surface area (Å²) in [4.78, 5) is 11.4. The molecule has 1 fully saturated rings. The van der Waals surface area contributed by atoms with E-state index in [0.717, 1.165) is 30.3 Å². The number of aryl methyl sites for hydroxylation is 1. The summed E-state index contributed by atoms with van der Waals surface area (Å²) >= 11 is 12.0. The second-order valence-corrected chi connectivity index (χ2v) is 6.31. The largest absolute Gasteiger partial charge is 0.356 e. The van der Waals surface area contributed by atoms with Crippen molar-refractivity contribution in [3.05, 3.63) is 40.0 Å². The Bertz CT molecular complexity index is 669. The van der Waals surface area contributed by atoms with Gasteiger partial charge < -0.3 is 10.2 Å². The summed E-state index contributed by atoms with van der Waals surface area (Å²) in [5.74, 6) is 1.56. The van der Waals surface area contributed by atoms with Crippen LogP contribution < -0.4 is 10.2 Å². The summed E-state index contributed by atoms with van der Waals surface area (Å²) in [5.41, 5.74) is 1.77. The Kier molecular flexibility index (Phi) is 4.69. The minimum atomic E-state index is 0.510. The third-order valence-corrected chi connectivity index (χ3v) is 4.44. The average Bonchev–Trinajstić information content (AvgIpc) is 2.51. The van der Waals surface area contributed by atoms with E-state index in [2.05, 4.69) is 20.2 Å². The van der Waals surface area contributed by atoms with Crippen molar-refractivity contribution < 1.29 is 0 Å². The first kappa shape index (κ1) is 15.4. The third-order valence-electron chi connectivity index (χ3n) is 3.70. The normalized spacial score (nSPS) is 15.0. The lowest BCUT2D eigenvalue weighted by molar-refractivity contribution is 0.573. The van der Waals surface area contributed by atoms with Crippen molar-refractivity contribution in [3.8, 4) is 0 Å². The van der Waals surface area contributed by atoms with Gasteiger partial charge in [-0.1, -0.05) is 23.2 Å². The van der Waals surface area contributed by atoms with E-state index in [0.29, 0.717) is 16.0 Å². The molecule has 1 saturated heterocycles. The molecule has 0 bridgehead atoms. The van der Waals surface area contributed by atoms with Crippen LogP contribution in [0, 0.1) is 6.92 Å². The molecule has 0 unspecified atom stereocenters. The minimum absolute atomic E-state index is 0.510. The summed E-state index contributed by atoms with van der Waals surface area (Å²) < 4.78 is 0. The quantitative estimate of drug-likeness (QED) is 0.871. The number of piperidine rings is 1. The Morgan fingerprint density at radius 2 is 1.77 bits per heavy atom. The first-order valence-electron chi connectivity index (χ1n) is 7.44. The van der Waals surface area contributed by atoms with Crippen LogP contribution in [0.25, 0.3) is 0 Å². The van der Waals surface area contributed by atoms with Crippen molar-refractivity contribution in [2.75, 3.05) is 23.3 Å². The van der Waals surface area contributed by atoms with Gasteiger partial charge in [0.2, 0.25) is 5.95 Å². The Balaban J connectivity index is 1.83. The summed E-state index contributed by atoms with van der Waals surface area (Å²) in [6, 6.07) is 7.43. The van der Waals surface area contributed by atoms with E-state index in [1.165, 1.54) is 19.3 Å². The van der Waals surface area contributed by atoms with Crippen LogP contribution in [0.3, 0.4) is 0 Å². The maximum Gasteiger partial charge on any atom is 0.229 e. The Morgan fingerprint density at radius 3 is 2.50 bits per heavy atom. The van der Waals surface area contributed by atoms with Crippen molar-refractivity contribution >= 4 is 40.7 Å². The lowest BCUT2D eigenvalue weighted by Crippen LogP contribution is -2.30. The predicted molar refractivity (Wildman–Crippen MR) is 92.6 cm³/mol. The third kappa shape index (κ3) is 3.62. The zero-order valence-corrected chi connectivity index (χ0v) is 14.0. The van der Waals surface area contributed by atoms with Gasteiger partial charge in [-0.25, -0.2) is 4.98 Å². The molecule has 0 amide bonds. The molecule has 1 N–H and O–H groups in total. The van der Waals surface area contributed by atoms with Crippen LogP contribution in [0.4, 0.5) is 17.5 Å². The molecule has 0 radical (unpaired) electrons. The lowest BCUT2D eigenvalue weighted by Gasteiger charge is -2.28. The number of halogens is 2. The smallest absolute Gasteiger partial charge is 0.229 e. The summed E-state index contributed by atoms with van der Waals surface area (Å²) in [7, 11) is 0. The van der Waals surface area contributed by atoms with Crippen LogP contribution in [0.1, 0.15) is 25.0 Å². The van der Waals surface area contributed by atoms with Crippen molar-refractivity contribution in [1.82, 2.24) is 9.97 Å². The minimum Gasteiger partial charge on any atom is -0.356 e. The molecule has 1 aliphatic heterocycles. The molecule has 4 nitrogen and oxygen atoms in total. The highest BCUT2D eigenvalue weighted by Crippen LogP contribution is 2.27. The topological polar surface area (TPSA) is 41.1 Å². The van der Waals surface area contributed by atoms with Crippen LogP contribution in [-0.4, -0.2) is 23.1 Å². The van der Waals surface area contributed by atoms with Gasteiger partial charge in [0.15, 0.2) is 0 Å². The Hall–Kier alpha value is -1.52. The van der Waals surface area contributed by atoms with Gasteiger partial charge >= 0.3 is 0 Å². The molecule has 2 aromatic rings. The molecule has 6 heteroatoms. The average molecular weight is 337 g/mol. The van der Waals surface area contributed by atoms with E-state index in [9.17, 15) is 0 Å². The molecule has 0 aliphatic carbocycles. The fraction of sp³-hybridized carbons (Fsp3) is 0.375. The monoisotopic (exact) mass is 336 g/mol. The van der Waals surface area contributed by atoms with Crippen molar-refractivity contribution in [1.29, 1.82) is 0 Å². The van der Waals surface area contributed by atoms with E-state index in [-0.39, 0.29) is 0 Å². The zero-order chi connectivity index (χ0) is 15.5. The van der Waals surface area contributed by atoms with Gasteiger partial charge in [0.25, 0.3) is 0 Å². The number of nitrogens with zero attached hydrogens (tertiary/aromatic N) is 3. The summed E-state index contributed by atoms with van der Waals surface area (Å²) in [6.07, 6.45) is 3.74. The maximum atomic E-state index is 6.04. The first-order chi connectivity index (χ1) is 10.6. The van der Waals surface area contributed by atoms with Crippen LogP contribution in [-0.2, 0) is 0 Å². The fourth-order valence-corrected chi connectivity index (χ4v) is 2.89. The van der Waals surface area contributed by atoms with Gasteiger partial charge in [-0.2, -0.15) is 4.98 Å². The van der Waals surface area contributed by atoms with Gasteiger partial charge in [0.05, 0.1) is 10.0 Å². The molecule has 0 atom stereocenters. The fourth-order valence-electron chi connectivity index (χ4n) is 2.60. The number of benzene rings is 1. The second kappa shape index (κ2) is 6.71. The highest BCUT2D eigenvalue weighted by molar-refractivity contribution is 6.42. The number of anilines is 3. The number of hydrogen-bond donors (Lipinski definition) is 1. The predicted octanol–water partition coefficient (Wildman–Crippen LogP) is 4.83. The molecule has 0 saturated carbocycles. The highest BCUT2D eigenvalue weighted by atomic mass is 35.5. The SMILES string of the molecule is Cc1cc(N2CCCCC2)nc(Nc2ccc(Cl)c(Cl)c2)n1. The van der Waals surface area contributed by atoms with Crippen LogP contribution >= 0.6 is 23.2 Å². The van der Waals surface area contributed by atoms with Gasteiger partial charge in [-0.3, -0.25) is 0 Å². The molecule has 22 heavy (non-hydrogen) atoms. The second-order valence-electron chi connectivity index (χ2n) is 5.49. The van der Waals surface area contributed by atoms with E-state index in [1.54, 1.807) is 12.1 Å². The molecule has 2 heterocycles. The van der Waals surface area contributed by atoms with E-state index in [4.69, 9.17) is 23.2 Å². The Labute approximate surface area is 140 Å². The van der Waals surface area contributed by atoms with E-state index < -0.39 is 0 Å². The summed E-state index contributed by atoms with van der Waals surface area (Å²) in [5, 5.41) is 4.24. The number of hydrogen-bond acceptors (Lipinski definition) is 4. The molecule has 0 spiro atoms. The van der Waals surface area contributed by atoms with E-state index >= 15 is 0 Å². The summed E-state index contributed by atoms with van der Waals surface area (Å²) in [6.45, 7) is 4.10. The first-order valence-corrected chi connectivity index (χ1v) is 8.20. The zero-order valence-electron chi connectivity index (χ0n) is 12.4. The van der Waals surface area contributed by atoms with Crippen LogP contribution in [0.2, 0.25) is 10.0 Å². The number of aromatic nitrogens is 2. The molecule has 3 rings (SSSR count). The molecule has 116 valence electrons. The maximum absolute atomic E-state index is 6.04. The number of rotatable bonds is 3. The van der Waals surface area contributed by atoms with Gasteiger partial charge in [0, 0.05) is 30.5 Å². The van der Waals surface area contributed by atoms with E-state index in [1.807, 2.05) is 19.1 Å². The van der Waals surface area contributed by atoms with Crippen LogP contribution in [0.5, 0.6) is 0 Å². The Morgan fingerprint density at radius 1 is 1.00 bits per heavy atom. The molecule has 1 aromatic heterocycles. The number of nitrogens with one attached hydrogen (secondary N) is 1. The van der Waals surface area contributed by atoms with Crippen LogP contribution in [0.15, 0.2) is 24.3 Å². The van der Waals surface area contributed by atoms with Crippen molar-refractivity contribution in [3.63, 3.8) is 0 Å². The lowest BCUT2D eigenvalue weighted by atomic mass is 10.1.